The van der Waals surface area contributed by atoms with Crippen LogP contribution < -0.4 is 10.1 Å². The number of thioether (sulfide) groups is 1. The summed E-state index contributed by atoms with van der Waals surface area (Å²) < 4.78 is 5.55. The fourth-order valence-electron chi connectivity index (χ4n) is 2.13. The third-order valence-corrected chi connectivity index (χ3v) is 4.37. The van der Waals surface area contributed by atoms with Crippen molar-refractivity contribution in [3.05, 3.63) is 64.0 Å². The molecule has 1 N–H and O–H groups in total. The average molecular weight is 359 g/mol. The van der Waals surface area contributed by atoms with Crippen molar-refractivity contribution in [1.82, 2.24) is 5.32 Å². The Morgan fingerprint density at radius 2 is 1.96 bits per heavy atom. The highest BCUT2D eigenvalue weighted by molar-refractivity contribution is 8.18. The van der Waals surface area contributed by atoms with Crippen molar-refractivity contribution < 1.29 is 9.53 Å². The van der Waals surface area contributed by atoms with E-state index in [4.69, 9.17) is 16.3 Å². The third kappa shape index (κ3) is 3.99. The second kappa shape index (κ2) is 7.55. The molecule has 1 amide bonds. The van der Waals surface area contributed by atoms with Crippen LogP contribution in [0.25, 0.3) is 6.08 Å². The Morgan fingerprint density at radius 3 is 2.71 bits per heavy atom. The number of amides is 1. The Bertz CT molecular complexity index is 816. The van der Waals surface area contributed by atoms with Crippen molar-refractivity contribution in [2.24, 2.45) is 4.99 Å². The molecule has 122 valence electrons. The van der Waals surface area contributed by atoms with E-state index in [1.807, 2.05) is 49.4 Å². The van der Waals surface area contributed by atoms with E-state index in [2.05, 4.69) is 10.3 Å². The highest BCUT2D eigenvalue weighted by atomic mass is 35.5. The van der Waals surface area contributed by atoms with Gasteiger partial charge >= 0.3 is 0 Å². The topological polar surface area (TPSA) is 50.7 Å². The Morgan fingerprint density at radius 1 is 1.21 bits per heavy atom. The van der Waals surface area contributed by atoms with Crippen molar-refractivity contribution in [2.75, 3.05) is 6.61 Å². The van der Waals surface area contributed by atoms with Crippen LogP contribution in [0.1, 0.15) is 12.5 Å². The minimum Gasteiger partial charge on any atom is -0.492 e. The standard InChI is InChI=1S/C18H15ClN2O2S/c1-2-23-15-6-4-3-5-14(15)20-18-21-17(22)16(24-18)11-12-7-9-13(19)10-8-12/h3-11H,2H2,1H3,(H,20,21,22). The lowest BCUT2D eigenvalue weighted by Crippen LogP contribution is -2.19. The fourth-order valence-corrected chi connectivity index (χ4v) is 3.09. The summed E-state index contributed by atoms with van der Waals surface area (Å²) >= 11 is 7.18. The number of carbonyl (C=O) groups excluding carboxylic acids is 1. The maximum atomic E-state index is 12.1. The highest BCUT2D eigenvalue weighted by Gasteiger charge is 2.24. The zero-order valence-electron chi connectivity index (χ0n) is 13.0. The van der Waals surface area contributed by atoms with E-state index in [9.17, 15) is 4.79 Å². The van der Waals surface area contributed by atoms with Gasteiger partial charge in [-0.15, -0.1) is 0 Å². The molecule has 0 bridgehead atoms. The van der Waals surface area contributed by atoms with Gasteiger partial charge in [0.15, 0.2) is 5.17 Å². The number of benzene rings is 2. The molecule has 2 aromatic carbocycles. The van der Waals surface area contributed by atoms with Gasteiger partial charge in [-0.1, -0.05) is 35.9 Å². The highest BCUT2D eigenvalue weighted by Crippen LogP contribution is 2.32. The second-order valence-corrected chi connectivity index (χ2v) is 6.40. The van der Waals surface area contributed by atoms with Crippen LogP contribution in [0.15, 0.2) is 58.4 Å². The summed E-state index contributed by atoms with van der Waals surface area (Å²) in [6.45, 7) is 2.48. The first-order chi connectivity index (χ1) is 11.7. The van der Waals surface area contributed by atoms with Crippen LogP contribution in [0, 0.1) is 0 Å². The molecular formula is C18H15ClN2O2S. The number of nitrogens with one attached hydrogen (secondary N) is 1. The first-order valence-corrected chi connectivity index (χ1v) is 8.62. The number of carbonyl (C=O) groups is 1. The van der Waals surface area contributed by atoms with Gasteiger partial charge < -0.3 is 10.1 Å². The number of aliphatic imine (C=N–C) groups is 1. The molecule has 3 rings (SSSR count). The van der Waals surface area contributed by atoms with Gasteiger partial charge in [-0.05, 0) is 54.6 Å². The maximum Gasteiger partial charge on any atom is 0.264 e. The van der Waals surface area contributed by atoms with Crippen LogP contribution in [0.2, 0.25) is 5.02 Å². The minimum atomic E-state index is -0.164. The number of rotatable bonds is 4. The first kappa shape index (κ1) is 16.6. The van der Waals surface area contributed by atoms with Gasteiger partial charge in [0.25, 0.3) is 5.91 Å². The minimum absolute atomic E-state index is 0.164. The molecule has 1 aliphatic heterocycles. The number of para-hydroxylation sites is 2. The molecule has 1 heterocycles. The van der Waals surface area contributed by atoms with E-state index in [1.54, 1.807) is 12.1 Å². The predicted molar refractivity (Wildman–Crippen MR) is 99.9 cm³/mol. The zero-order valence-corrected chi connectivity index (χ0v) is 14.5. The number of hydrogen-bond acceptors (Lipinski definition) is 4. The normalized spacial score (nSPS) is 17.3. The van der Waals surface area contributed by atoms with Gasteiger partial charge in [-0.3, -0.25) is 4.79 Å². The quantitative estimate of drug-likeness (QED) is 0.810. The molecule has 1 saturated heterocycles. The number of amidine groups is 1. The largest absolute Gasteiger partial charge is 0.492 e. The molecule has 0 unspecified atom stereocenters. The summed E-state index contributed by atoms with van der Waals surface area (Å²) in [5.41, 5.74) is 1.60. The monoisotopic (exact) mass is 358 g/mol. The second-order valence-electron chi connectivity index (χ2n) is 4.93. The number of halogens is 1. The summed E-state index contributed by atoms with van der Waals surface area (Å²) in [5, 5.41) is 3.97. The van der Waals surface area contributed by atoms with Crippen molar-refractivity contribution in [3.63, 3.8) is 0 Å². The Kier molecular flexibility index (Phi) is 5.23. The lowest BCUT2D eigenvalue weighted by Gasteiger charge is -2.06. The molecule has 4 nitrogen and oxygen atoms in total. The zero-order chi connectivity index (χ0) is 16.9. The molecule has 0 aliphatic carbocycles. The molecule has 0 radical (unpaired) electrons. The molecule has 24 heavy (non-hydrogen) atoms. The van der Waals surface area contributed by atoms with Gasteiger partial charge in [-0.25, -0.2) is 4.99 Å². The van der Waals surface area contributed by atoms with E-state index in [0.717, 1.165) is 5.56 Å². The van der Waals surface area contributed by atoms with Crippen molar-refractivity contribution in [2.45, 2.75) is 6.92 Å². The number of hydrogen-bond donors (Lipinski definition) is 1. The van der Waals surface area contributed by atoms with Gasteiger partial charge in [0.1, 0.15) is 11.4 Å². The smallest absolute Gasteiger partial charge is 0.264 e. The predicted octanol–water partition coefficient (Wildman–Crippen LogP) is 4.63. The van der Waals surface area contributed by atoms with Gasteiger partial charge in [-0.2, -0.15) is 0 Å². The molecular weight excluding hydrogens is 344 g/mol. The summed E-state index contributed by atoms with van der Waals surface area (Å²) in [6, 6.07) is 14.8. The molecule has 6 heteroatoms. The number of nitrogens with zero attached hydrogens (tertiary/aromatic N) is 1. The third-order valence-electron chi connectivity index (χ3n) is 3.21. The molecule has 2 aromatic rings. The van der Waals surface area contributed by atoms with Gasteiger partial charge in [0.2, 0.25) is 0 Å². The van der Waals surface area contributed by atoms with E-state index < -0.39 is 0 Å². The van der Waals surface area contributed by atoms with Crippen molar-refractivity contribution in [3.8, 4) is 5.75 Å². The van der Waals surface area contributed by atoms with Crippen LogP contribution in [0.3, 0.4) is 0 Å². The lowest BCUT2D eigenvalue weighted by molar-refractivity contribution is -0.115. The van der Waals surface area contributed by atoms with E-state index in [-0.39, 0.29) is 5.91 Å². The van der Waals surface area contributed by atoms with E-state index in [1.165, 1.54) is 11.8 Å². The lowest BCUT2D eigenvalue weighted by atomic mass is 10.2. The average Bonchev–Trinajstić information content (AvgIpc) is 2.91. The van der Waals surface area contributed by atoms with Crippen LogP contribution in [-0.4, -0.2) is 17.7 Å². The Balaban J connectivity index is 1.83. The summed E-state index contributed by atoms with van der Waals surface area (Å²) in [4.78, 5) is 17.2. The van der Waals surface area contributed by atoms with Crippen molar-refractivity contribution >= 4 is 46.2 Å². The summed E-state index contributed by atoms with van der Waals surface area (Å²) in [7, 11) is 0. The Hall–Kier alpha value is -2.24. The SMILES string of the molecule is CCOc1ccccc1N=C1NC(=O)C(=Cc2ccc(Cl)cc2)S1. The molecule has 1 aliphatic rings. The Labute approximate surface area is 149 Å². The van der Waals surface area contributed by atoms with E-state index in [0.29, 0.717) is 33.1 Å². The van der Waals surface area contributed by atoms with Gasteiger partial charge in [0, 0.05) is 5.02 Å². The maximum absolute atomic E-state index is 12.1. The first-order valence-electron chi connectivity index (χ1n) is 7.42. The van der Waals surface area contributed by atoms with Crippen molar-refractivity contribution in [1.29, 1.82) is 0 Å². The van der Waals surface area contributed by atoms with Crippen LogP contribution in [0.5, 0.6) is 5.75 Å². The number of ether oxygens (including phenoxy) is 1. The van der Waals surface area contributed by atoms with Crippen LogP contribution in [-0.2, 0) is 4.79 Å². The molecule has 1 fully saturated rings. The molecule has 0 aromatic heterocycles. The molecule has 0 saturated carbocycles. The summed E-state index contributed by atoms with van der Waals surface area (Å²) in [5.74, 6) is 0.528. The van der Waals surface area contributed by atoms with E-state index >= 15 is 0 Å². The van der Waals surface area contributed by atoms with Crippen LogP contribution in [0.4, 0.5) is 5.69 Å². The molecule has 0 spiro atoms. The fraction of sp³-hybridized carbons (Fsp3) is 0.111. The summed E-state index contributed by atoms with van der Waals surface area (Å²) in [6.07, 6.45) is 1.81. The molecule has 0 atom stereocenters. The van der Waals surface area contributed by atoms with Crippen LogP contribution >= 0.6 is 23.4 Å². The van der Waals surface area contributed by atoms with Gasteiger partial charge in [0.05, 0.1) is 11.5 Å².